The second-order valence-electron chi connectivity index (χ2n) is 6.32. The molecule has 2 aliphatic carbocycles. The number of anilines is 1. The molecule has 0 radical (unpaired) electrons. The van der Waals surface area contributed by atoms with Crippen LogP contribution in [0, 0.1) is 0 Å². The lowest BCUT2D eigenvalue weighted by atomic mass is 9.90. The van der Waals surface area contributed by atoms with Gasteiger partial charge in [-0.25, -0.2) is 0 Å². The molecule has 22 heavy (non-hydrogen) atoms. The Bertz CT molecular complexity index is 521. The summed E-state index contributed by atoms with van der Waals surface area (Å²) in [7, 11) is 0. The molecule has 1 fully saturated rings. The van der Waals surface area contributed by atoms with Gasteiger partial charge >= 0.3 is 0 Å². The fraction of sp³-hybridized carbons (Fsp3) is 0.611. The van der Waals surface area contributed by atoms with Gasteiger partial charge in [0.25, 0.3) is 0 Å². The summed E-state index contributed by atoms with van der Waals surface area (Å²) < 4.78 is 5.80. The molecule has 3 N–H and O–H groups in total. The number of fused-ring (bicyclic) bond motifs is 1. The molecule has 2 aliphatic rings. The number of ether oxygens (including phenoxy) is 1. The van der Waals surface area contributed by atoms with E-state index in [0.717, 1.165) is 12.1 Å². The van der Waals surface area contributed by atoms with E-state index in [2.05, 4.69) is 28.5 Å². The first-order chi connectivity index (χ1) is 10.8. The molecule has 0 spiro atoms. The molecule has 0 amide bonds. The van der Waals surface area contributed by atoms with E-state index in [4.69, 9.17) is 10.5 Å². The van der Waals surface area contributed by atoms with Gasteiger partial charge in [-0.05, 0) is 55.7 Å². The highest BCUT2D eigenvalue weighted by molar-refractivity contribution is 5.93. The van der Waals surface area contributed by atoms with Gasteiger partial charge in [0.05, 0.1) is 19.3 Å². The number of aliphatic imine (C=N–C) groups is 1. The van der Waals surface area contributed by atoms with Crippen LogP contribution in [0.15, 0.2) is 23.2 Å². The molecule has 0 aromatic heterocycles. The Kier molecular flexibility index (Phi) is 5.33. The third-order valence-corrected chi connectivity index (χ3v) is 4.69. The van der Waals surface area contributed by atoms with E-state index in [1.165, 1.54) is 56.1 Å². The summed E-state index contributed by atoms with van der Waals surface area (Å²) in [5.74, 6) is 0.494. The van der Waals surface area contributed by atoms with Crippen LogP contribution in [0.5, 0.6) is 0 Å². The molecule has 1 saturated carbocycles. The van der Waals surface area contributed by atoms with Crippen LogP contribution >= 0.6 is 0 Å². The van der Waals surface area contributed by atoms with Gasteiger partial charge in [0.2, 0.25) is 0 Å². The minimum Gasteiger partial charge on any atom is -0.376 e. The van der Waals surface area contributed by atoms with Crippen molar-refractivity contribution in [2.24, 2.45) is 10.7 Å². The first kappa shape index (κ1) is 15.3. The van der Waals surface area contributed by atoms with Gasteiger partial charge in [-0.3, -0.25) is 4.99 Å². The number of hydrogen-bond acceptors (Lipinski definition) is 2. The summed E-state index contributed by atoms with van der Waals surface area (Å²) in [5, 5.41) is 3.27. The molecule has 0 aliphatic heterocycles. The van der Waals surface area contributed by atoms with Crippen LogP contribution in [0.4, 0.5) is 5.69 Å². The molecule has 120 valence electrons. The second kappa shape index (κ2) is 7.63. The van der Waals surface area contributed by atoms with Crippen LogP contribution in [-0.2, 0) is 17.6 Å². The Labute approximate surface area is 133 Å². The SMILES string of the molecule is NC(=NCCOC1CCCC1)Nc1cccc2c1CCCC2. The number of nitrogens with zero attached hydrogens (tertiary/aromatic N) is 1. The lowest BCUT2D eigenvalue weighted by molar-refractivity contribution is 0.0643. The highest BCUT2D eigenvalue weighted by Crippen LogP contribution is 2.27. The molecule has 4 heteroatoms. The quantitative estimate of drug-likeness (QED) is 0.498. The van der Waals surface area contributed by atoms with Gasteiger partial charge in [0.1, 0.15) is 0 Å². The average Bonchev–Trinajstić information content (AvgIpc) is 3.05. The lowest BCUT2D eigenvalue weighted by Gasteiger charge is -2.19. The van der Waals surface area contributed by atoms with Crippen LogP contribution < -0.4 is 11.1 Å². The number of nitrogens with two attached hydrogens (primary N) is 1. The number of nitrogens with one attached hydrogen (secondary N) is 1. The molecule has 0 heterocycles. The molecular weight excluding hydrogens is 274 g/mol. The minimum atomic E-state index is 0.450. The van der Waals surface area contributed by atoms with Crippen LogP contribution in [0.2, 0.25) is 0 Å². The van der Waals surface area contributed by atoms with E-state index in [0.29, 0.717) is 25.2 Å². The van der Waals surface area contributed by atoms with Crippen LogP contribution in [0.3, 0.4) is 0 Å². The Hall–Kier alpha value is -1.55. The molecule has 1 aromatic carbocycles. The predicted molar refractivity (Wildman–Crippen MR) is 91.4 cm³/mol. The molecule has 1 aromatic rings. The van der Waals surface area contributed by atoms with Crippen molar-refractivity contribution < 1.29 is 4.74 Å². The number of rotatable bonds is 5. The summed E-state index contributed by atoms with van der Waals surface area (Å²) in [6.45, 7) is 1.30. The van der Waals surface area contributed by atoms with Gasteiger partial charge in [-0.15, -0.1) is 0 Å². The summed E-state index contributed by atoms with van der Waals surface area (Å²) in [5.41, 5.74) is 10.0. The van der Waals surface area contributed by atoms with Crippen molar-refractivity contribution in [1.82, 2.24) is 0 Å². The summed E-state index contributed by atoms with van der Waals surface area (Å²) in [6.07, 6.45) is 10.3. The van der Waals surface area contributed by atoms with Gasteiger partial charge in [0.15, 0.2) is 5.96 Å². The maximum absolute atomic E-state index is 6.02. The van der Waals surface area contributed by atoms with Crippen LogP contribution in [0.1, 0.15) is 49.7 Å². The number of hydrogen-bond donors (Lipinski definition) is 2. The Morgan fingerprint density at radius 3 is 2.86 bits per heavy atom. The predicted octanol–water partition coefficient (Wildman–Crippen LogP) is 3.25. The zero-order chi connectivity index (χ0) is 15.2. The monoisotopic (exact) mass is 301 g/mol. The third-order valence-electron chi connectivity index (χ3n) is 4.69. The average molecular weight is 301 g/mol. The van der Waals surface area contributed by atoms with Crippen molar-refractivity contribution in [3.05, 3.63) is 29.3 Å². The van der Waals surface area contributed by atoms with Crippen molar-refractivity contribution in [3.8, 4) is 0 Å². The largest absolute Gasteiger partial charge is 0.376 e. The zero-order valence-electron chi connectivity index (χ0n) is 13.3. The summed E-state index contributed by atoms with van der Waals surface area (Å²) >= 11 is 0. The lowest BCUT2D eigenvalue weighted by Crippen LogP contribution is -2.25. The molecular formula is C18H27N3O. The fourth-order valence-corrected chi connectivity index (χ4v) is 3.52. The Morgan fingerprint density at radius 2 is 2.00 bits per heavy atom. The van der Waals surface area contributed by atoms with Gasteiger partial charge in [0, 0.05) is 5.69 Å². The number of aryl methyl sites for hydroxylation is 1. The molecule has 0 saturated heterocycles. The van der Waals surface area contributed by atoms with Gasteiger partial charge < -0.3 is 15.8 Å². The highest BCUT2D eigenvalue weighted by atomic mass is 16.5. The van der Waals surface area contributed by atoms with E-state index in [1.807, 2.05) is 0 Å². The maximum atomic E-state index is 6.02. The number of benzene rings is 1. The molecule has 0 atom stereocenters. The first-order valence-electron chi connectivity index (χ1n) is 8.62. The first-order valence-corrected chi connectivity index (χ1v) is 8.62. The summed E-state index contributed by atoms with van der Waals surface area (Å²) in [6, 6.07) is 6.42. The van der Waals surface area contributed by atoms with Crippen molar-refractivity contribution >= 4 is 11.6 Å². The Morgan fingerprint density at radius 1 is 1.18 bits per heavy atom. The standard InChI is InChI=1S/C18H27N3O/c19-18(20-12-13-22-15-8-2-3-9-15)21-17-11-5-7-14-6-1-4-10-16(14)17/h5,7,11,15H,1-4,6,8-10,12-13H2,(H3,19,20,21). The van der Waals surface area contributed by atoms with E-state index in [-0.39, 0.29) is 0 Å². The number of guanidine groups is 1. The molecule has 0 bridgehead atoms. The minimum absolute atomic E-state index is 0.450. The normalized spacial score (nSPS) is 19.2. The topological polar surface area (TPSA) is 59.6 Å². The maximum Gasteiger partial charge on any atom is 0.193 e. The van der Waals surface area contributed by atoms with E-state index in [1.54, 1.807) is 0 Å². The van der Waals surface area contributed by atoms with Crippen LogP contribution in [-0.4, -0.2) is 25.2 Å². The van der Waals surface area contributed by atoms with Gasteiger partial charge in [-0.2, -0.15) is 0 Å². The smallest absolute Gasteiger partial charge is 0.193 e. The van der Waals surface area contributed by atoms with Gasteiger partial charge in [-0.1, -0.05) is 25.0 Å². The van der Waals surface area contributed by atoms with Crippen molar-refractivity contribution in [1.29, 1.82) is 0 Å². The molecule has 4 nitrogen and oxygen atoms in total. The van der Waals surface area contributed by atoms with E-state index >= 15 is 0 Å². The van der Waals surface area contributed by atoms with Crippen molar-refractivity contribution in [2.45, 2.75) is 57.5 Å². The Balaban J connectivity index is 1.50. The van der Waals surface area contributed by atoms with E-state index < -0.39 is 0 Å². The van der Waals surface area contributed by atoms with Crippen LogP contribution in [0.25, 0.3) is 0 Å². The van der Waals surface area contributed by atoms with Crippen molar-refractivity contribution in [2.75, 3.05) is 18.5 Å². The summed E-state index contributed by atoms with van der Waals surface area (Å²) in [4.78, 5) is 4.39. The molecule has 0 unspecified atom stereocenters. The second-order valence-corrected chi connectivity index (χ2v) is 6.32. The fourth-order valence-electron chi connectivity index (χ4n) is 3.52. The third kappa shape index (κ3) is 4.01. The highest BCUT2D eigenvalue weighted by Gasteiger charge is 2.15. The molecule has 3 rings (SSSR count). The van der Waals surface area contributed by atoms with Crippen molar-refractivity contribution in [3.63, 3.8) is 0 Å². The zero-order valence-corrected chi connectivity index (χ0v) is 13.3. The van der Waals surface area contributed by atoms with E-state index in [9.17, 15) is 0 Å².